The molecule has 6 heteroatoms. The average molecular weight is 439 g/mol. The Kier molecular flexibility index (Phi) is 6.61. The fourth-order valence-corrected chi connectivity index (χ4v) is 3.51. The number of amidine groups is 1. The number of nitriles is 1. The minimum atomic E-state index is -0.339. The Hall–Kier alpha value is -4.24. The number of Topliss-reactive ketones (excluding diaryl/α,β-unsaturated/α-hetero) is 1. The smallest absolute Gasteiger partial charge is 0.294 e. The number of aryl methyl sites for hydroxylation is 2. The van der Waals surface area contributed by atoms with Crippen molar-refractivity contribution in [1.29, 1.82) is 5.26 Å². The van der Waals surface area contributed by atoms with Crippen molar-refractivity contribution in [3.05, 3.63) is 113 Å². The van der Waals surface area contributed by atoms with E-state index in [1.807, 2.05) is 37.3 Å². The van der Waals surface area contributed by atoms with E-state index in [0.717, 1.165) is 22.4 Å². The Morgan fingerprint density at radius 2 is 1.97 bits per heavy atom. The van der Waals surface area contributed by atoms with Crippen LogP contribution in [0, 0.1) is 24.1 Å². The maximum atomic E-state index is 13.4. The van der Waals surface area contributed by atoms with E-state index in [-0.39, 0.29) is 24.1 Å². The Balaban J connectivity index is 1.43. The topological polar surface area (TPSA) is 74.5 Å². The molecular formula is C27H22FN3O2. The van der Waals surface area contributed by atoms with Crippen LogP contribution in [0.2, 0.25) is 0 Å². The molecule has 0 bridgehead atoms. The van der Waals surface area contributed by atoms with E-state index in [1.54, 1.807) is 36.5 Å². The van der Waals surface area contributed by atoms with E-state index in [0.29, 0.717) is 23.6 Å². The van der Waals surface area contributed by atoms with E-state index in [2.05, 4.69) is 16.4 Å². The van der Waals surface area contributed by atoms with Crippen LogP contribution < -0.4 is 5.32 Å². The quantitative estimate of drug-likeness (QED) is 0.487. The number of hydrogen-bond acceptors (Lipinski definition) is 5. The van der Waals surface area contributed by atoms with Gasteiger partial charge in [0.15, 0.2) is 5.78 Å². The number of anilines is 1. The fourth-order valence-electron chi connectivity index (χ4n) is 3.51. The van der Waals surface area contributed by atoms with Gasteiger partial charge in [-0.3, -0.25) is 4.79 Å². The van der Waals surface area contributed by atoms with Gasteiger partial charge in [0.1, 0.15) is 11.9 Å². The summed E-state index contributed by atoms with van der Waals surface area (Å²) < 4.78 is 19.3. The third kappa shape index (κ3) is 5.52. The van der Waals surface area contributed by atoms with Gasteiger partial charge in [0, 0.05) is 23.9 Å². The molecule has 5 nitrogen and oxygen atoms in total. The van der Waals surface area contributed by atoms with Gasteiger partial charge in [-0.1, -0.05) is 36.4 Å². The maximum absolute atomic E-state index is 13.4. The molecule has 0 aromatic heterocycles. The van der Waals surface area contributed by atoms with E-state index >= 15 is 0 Å². The molecule has 33 heavy (non-hydrogen) atoms. The summed E-state index contributed by atoms with van der Waals surface area (Å²) in [7, 11) is 0. The number of hydrogen-bond donors (Lipinski definition) is 1. The summed E-state index contributed by atoms with van der Waals surface area (Å²) >= 11 is 0. The van der Waals surface area contributed by atoms with Crippen LogP contribution in [-0.2, 0) is 11.2 Å². The zero-order valence-electron chi connectivity index (χ0n) is 18.1. The minimum absolute atomic E-state index is 0.0239. The van der Waals surface area contributed by atoms with Crippen molar-refractivity contribution < 1.29 is 13.9 Å². The van der Waals surface area contributed by atoms with Crippen molar-refractivity contribution in [2.24, 2.45) is 4.99 Å². The lowest BCUT2D eigenvalue weighted by Gasteiger charge is -2.21. The molecule has 1 atom stereocenters. The summed E-state index contributed by atoms with van der Waals surface area (Å²) in [6, 6.07) is 21.3. The zero-order chi connectivity index (χ0) is 23.2. The molecule has 1 N–H and O–H groups in total. The van der Waals surface area contributed by atoms with E-state index < -0.39 is 0 Å². The van der Waals surface area contributed by atoms with Crippen molar-refractivity contribution in [3.8, 4) is 6.07 Å². The maximum Gasteiger partial charge on any atom is 0.294 e. The van der Waals surface area contributed by atoms with E-state index in [9.17, 15) is 9.18 Å². The molecule has 3 aromatic carbocycles. The van der Waals surface area contributed by atoms with Gasteiger partial charge in [-0.05, 0) is 66.4 Å². The first kappa shape index (κ1) is 22.0. The lowest BCUT2D eigenvalue weighted by atomic mass is 10.0. The van der Waals surface area contributed by atoms with Crippen LogP contribution in [-0.4, -0.2) is 11.8 Å². The Labute approximate surface area is 191 Å². The predicted molar refractivity (Wildman–Crippen MR) is 125 cm³/mol. The number of carbonyl (C=O) groups is 1. The number of benzene rings is 3. The number of ether oxygens (including phenoxy) is 1. The van der Waals surface area contributed by atoms with Crippen molar-refractivity contribution in [3.63, 3.8) is 0 Å². The molecule has 1 unspecified atom stereocenters. The van der Waals surface area contributed by atoms with E-state index in [4.69, 9.17) is 10.00 Å². The number of halogens is 1. The van der Waals surface area contributed by atoms with Gasteiger partial charge >= 0.3 is 0 Å². The van der Waals surface area contributed by atoms with Crippen LogP contribution in [0.3, 0.4) is 0 Å². The first-order valence-electron chi connectivity index (χ1n) is 10.6. The van der Waals surface area contributed by atoms with Crippen molar-refractivity contribution >= 4 is 17.5 Å². The lowest BCUT2D eigenvalue weighted by Crippen LogP contribution is -2.21. The number of rotatable bonds is 6. The number of ketones is 1. The molecule has 0 saturated heterocycles. The standard InChI is InChI=1S/C27H22FN3O2/c1-18-5-9-22(25(32)12-8-19-3-2-4-23(28)15-19)16-24(18)31-27-30-14-13-26(33-27)21-10-6-20(17-29)7-11-21/h2-7,9-11,13-16,26H,8,12H2,1H3,(H,30,31). The molecule has 164 valence electrons. The SMILES string of the molecule is Cc1ccc(C(=O)CCc2cccc(F)c2)cc1NC1=NC=CC(c2ccc(C#N)cc2)O1. The summed E-state index contributed by atoms with van der Waals surface area (Å²) in [5.41, 5.74) is 4.50. The van der Waals surface area contributed by atoms with Crippen LogP contribution >= 0.6 is 0 Å². The monoisotopic (exact) mass is 439 g/mol. The van der Waals surface area contributed by atoms with Gasteiger partial charge in [0.05, 0.1) is 11.6 Å². The third-order valence-corrected chi connectivity index (χ3v) is 5.39. The van der Waals surface area contributed by atoms with Crippen LogP contribution in [0.15, 0.2) is 84.0 Å². The molecule has 0 fully saturated rings. The van der Waals surface area contributed by atoms with Crippen LogP contribution in [0.4, 0.5) is 10.1 Å². The van der Waals surface area contributed by atoms with E-state index in [1.165, 1.54) is 12.1 Å². The molecule has 0 radical (unpaired) electrons. The largest absolute Gasteiger partial charge is 0.452 e. The molecule has 1 aliphatic heterocycles. The van der Waals surface area contributed by atoms with Gasteiger partial charge in [-0.15, -0.1) is 0 Å². The molecule has 0 amide bonds. The molecule has 1 aliphatic rings. The molecule has 1 heterocycles. The Morgan fingerprint density at radius 3 is 2.73 bits per heavy atom. The number of nitrogens with zero attached hydrogens (tertiary/aromatic N) is 2. The first-order chi connectivity index (χ1) is 16.0. The van der Waals surface area contributed by atoms with Gasteiger partial charge < -0.3 is 10.1 Å². The molecule has 0 spiro atoms. The van der Waals surface area contributed by atoms with Crippen molar-refractivity contribution in [1.82, 2.24) is 0 Å². The minimum Gasteiger partial charge on any atom is -0.452 e. The first-order valence-corrected chi connectivity index (χ1v) is 10.6. The predicted octanol–water partition coefficient (Wildman–Crippen LogP) is 5.87. The molecule has 0 saturated carbocycles. The van der Waals surface area contributed by atoms with Crippen LogP contribution in [0.25, 0.3) is 0 Å². The molecule has 3 aromatic rings. The van der Waals surface area contributed by atoms with Crippen molar-refractivity contribution in [2.75, 3.05) is 5.32 Å². The fraction of sp³-hybridized carbons (Fsp3) is 0.148. The van der Waals surface area contributed by atoms with Crippen LogP contribution in [0.5, 0.6) is 0 Å². The highest BCUT2D eigenvalue weighted by molar-refractivity contribution is 5.99. The summed E-state index contributed by atoms with van der Waals surface area (Å²) in [4.78, 5) is 17.0. The Bertz CT molecular complexity index is 1270. The molecule has 0 aliphatic carbocycles. The zero-order valence-corrected chi connectivity index (χ0v) is 18.1. The second-order valence-electron chi connectivity index (χ2n) is 7.76. The normalized spacial score (nSPS) is 14.7. The van der Waals surface area contributed by atoms with Gasteiger partial charge in [-0.2, -0.15) is 5.26 Å². The van der Waals surface area contributed by atoms with Gasteiger partial charge in [-0.25, -0.2) is 9.38 Å². The summed E-state index contributed by atoms with van der Waals surface area (Å²) in [6.45, 7) is 1.93. The van der Waals surface area contributed by atoms with Crippen LogP contribution in [0.1, 0.15) is 45.1 Å². The highest BCUT2D eigenvalue weighted by Crippen LogP contribution is 2.25. The lowest BCUT2D eigenvalue weighted by molar-refractivity contribution is 0.0983. The third-order valence-electron chi connectivity index (χ3n) is 5.39. The Morgan fingerprint density at radius 1 is 1.15 bits per heavy atom. The van der Waals surface area contributed by atoms with Gasteiger partial charge in [0.2, 0.25) is 0 Å². The second kappa shape index (κ2) is 9.92. The molecular weight excluding hydrogens is 417 g/mol. The van der Waals surface area contributed by atoms with Crippen molar-refractivity contribution in [2.45, 2.75) is 25.9 Å². The summed E-state index contributed by atoms with van der Waals surface area (Å²) in [5, 5.41) is 12.1. The summed E-state index contributed by atoms with van der Waals surface area (Å²) in [5.74, 6) is -0.326. The number of carbonyl (C=O) groups excluding carboxylic acids is 1. The highest BCUT2D eigenvalue weighted by Gasteiger charge is 2.17. The summed E-state index contributed by atoms with van der Waals surface area (Å²) in [6.07, 6.45) is 3.91. The van der Waals surface area contributed by atoms with Gasteiger partial charge in [0.25, 0.3) is 6.02 Å². The highest BCUT2D eigenvalue weighted by atomic mass is 19.1. The number of nitrogens with one attached hydrogen (secondary N) is 1. The second-order valence-corrected chi connectivity index (χ2v) is 7.76. The average Bonchev–Trinajstić information content (AvgIpc) is 2.84. The molecule has 4 rings (SSSR count). The number of aliphatic imine (C=N–C) groups is 1.